The Morgan fingerprint density at radius 2 is 1.71 bits per heavy atom. The third-order valence-electron chi connectivity index (χ3n) is 3.37. The molecule has 1 atom stereocenters. The Labute approximate surface area is 151 Å². The van der Waals surface area contributed by atoms with E-state index in [1.807, 2.05) is 19.1 Å². The minimum atomic E-state index is -3.21. The Morgan fingerprint density at radius 1 is 1.12 bits per heavy atom. The maximum Gasteiger partial charge on any atom is 0.230 e. The molecule has 2 rings (SSSR count). The van der Waals surface area contributed by atoms with E-state index < -0.39 is 9.84 Å². The molecule has 128 valence electrons. The van der Waals surface area contributed by atoms with Crippen LogP contribution in [0.15, 0.2) is 58.3 Å². The summed E-state index contributed by atoms with van der Waals surface area (Å²) in [6.07, 6.45) is 1.17. The molecule has 4 nitrogen and oxygen atoms in total. The van der Waals surface area contributed by atoms with E-state index in [-0.39, 0.29) is 16.8 Å². The van der Waals surface area contributed by atoms with Crippen LogP contribution in [0.5, 0.6) is 0 Å². The van der Waals surface area contributed by atoms with Crippen molar-refractivity contribution in [1.82, 2.24) is 5.32 Å². The Bertz CT molecular complexity index is 803. The van der Waals surface area contributed by atoms with Crippen LogP contribution in [-0.4, -0.2) is 26.3 Å². The van der Waals surface area contributed by atoms with Gasteiger partial charge in [0.15, 0.2) is 9.84 Å². The van der Waals surface area contributed by atoms with Crippen molar-refractivity contribution in [3.8, 4) is 0 Å². The number of hydrogen-bond donors (Lipinski definition) is 1. The van der Waals surface area contributed by atoms with Crippen molar-refractivity contribution in [2.24, 2.45) is 0 Å². The number of halogens is 1. The van der Waals surface area contributed by atoms with Gasteiger partial charge in [-0.2, -0.15) is 0 Å². The van der Waals surface area contributed by atoms with Gasteiger partial charge in [0, 0.05) is 16.2 Å². The first-order valence-electron chi connectivity index (χ1n) is 7.23. The molecule has 0 fully saturated rings. The Morgan fingerprint density at radius 3 is 2.25 bits per heavy atom. The number of rotatable bonds is 6. The van der Waals surface area contributed by atoms with Crippen molar-refractivity contribution in [3.05, 3.63) is 59.1 Å². The lowest BCUT2D eigenvalue weighted by Gasteiger charge is -2.14. The topological polar surface area (TPSA) is 63.2 Å². The molecule has 0 saturated heterocycles. The Hall–Kier alpha value is -1.50. The highest BCUT2D eigenvalue weighted by molar-refractivity contribution is 8.00. The molecule has 0 unspecified atom stereocenters. The average Bonchev–Trinajstić information content (AvgIpc) is 2.53. The largest absolute Gasteiger partial charge is 0.349 e. The fraction of sp³-hybridized carbons (Fsp3) is 0.235. The minimum absolute atomic E-state index is 0.0883. The molecule has 0 spiro atoms. The summed E-state index contributed by atoms with van der Waals surface area (Å²) < 4.78 is 22.9. The van der Waals surface area contributed by atoms with Crippen molar-refractivity contribution < 1.29 is 13.2 Å². The number of carbonyl (C=O) groups excluding carboxylic acids is 1. The number of carbonyl (C=O) groups is 1. The predicted octanol–water partition coefficient (Wildman–Crippen LogP) is 3.71. The zero-order valence-corrected chi connectivity index (χ0v) is 15.7. The van der Waals surface area contributed by atoms with Crippen molar-refractivity contribution in [2.45, 2.75) is 22.8 Å². The minimum Gasteiger partial charge on any atom is -0.349 e. The summed E-state index contributed by atoms with van der Waals surface area (Å²) in [5.41, 5.74) is 0.854. The second-order valence-electron chi connectivity index (χ2n) is 5.37. The van der Waals surface area contributed by atoms with Crippen molar-refractivity contribution in [3.63, 3.8) is 0 Å². The summed E-state index contributed by atoms with van der Waals surface area (Å²) in [4.78, 5) is 13.3. The molecule has 0 aromatic heterocycles. The lowest BCUT2D eigenvalue weighted by atomic mass is 10.1. The highest BCUT2D eigenvalue weighted by Gasteiger charge is 2.12. The molecule has 0 aliphatic rings. The molecule has 0 aliphatic carbocycles. The van der Waals surface area contributed by atoms with Gasteiger partial charge in [-0.1, -0.05) is 23.7 Å². The standard InChI is InChI=1S/C17H18ClNO3S2/c1-12(13-3-9-16(10-4-13)24(2,21)22)19-17(20)11-23-15-7-5-14(18)6-8-15/h3-10,12H,11H2,1-2H3,(H,19,20)/t12-/m1/s1. The van der Waals surface area contributed by atoms with Gasteiger partial charge in [0.1, 0.15) is 0 Å². The molecular weight excluding hydrogens is 366 g/mol. The lowest BCUT2D eigenvalue weighted by Crippen LogP contribution is -2.28. The highest BCUT2D eigenvalue weighted by atomic mass is 35.5. The fourth-order valence-electron chi connectivity index (χ4n) is 2.05. The van der Waals surface area contributed by atoms with Gasteiger partial charge in [0.25, 0.3) is 0 Å². The van der Waals surface area contributed by atoms with Gasteiger partial charge in [-0.15, -0.1) is 11.8 Å². The van der Waals surface area contributed by atoms with Gasteiger partial charge < -0.3 is 5.32 Å². The number of amides is 1. The van der Waals surface area contributed by atoms with Gasteiger partial charge in [-0.05, 0) is 48.9 Å². The third-order valence-corrected chi connectivity index (χ3v) is 5.76. The summed E-state index contributed by atoms with van der Waals surface area (Å²) in [6.45, 7) is 1.86. The molecule has 0 saturated carbocycles. The smallest absolute Gasteiger partial charge is 0.230 e. The Kier molecular flexibility index (Phi) is 6.32. The van der Waals surface area contributed by atoms with E-state index in [4.69, 9.17) is 11.6 Å². The summed E-state index contributed by atoms with van der Waals surface area (Å²) in [6, 6.07) is 13.6. The first-order chi connectivity index (χ1) is 11.3. The van der Waals surface area contributed by atoms with Crippen molar-refractivity contribution in [1.29, 1.82) is 0 Å². The van der Waals surface area contributed by atoms with Gasteiger partial charge in [-0.25, -0.2) is 8.42 Å². The molecule has 0 radical (unpaired) electrons. The SMILES string of the molecule is C[C@@H](NC(=O)CSc1ccc(Cl)cc1)c1ccc(S(C)(=O)=O)cc1. The van der Waals surface area contributed by atoms with E-state index >= 15 is 0 Å². The number of nitrogens with one attached hydrogen (secondary N) is 1. The molecule has 2 aromatic carbocycles. The molecule has 1 N–H and O–H groups in total. The van der Waals surface area contributed by atoms with Crippen LogP contribution in [0.1, 0.15) is 18.5 Å². The second kappa shape index (κ2) is 8.05. The van der Waals surface area contributed by atoms with Crippen LogP contribution in [0, 0.1) is 0 Å². The maximum absolute atomic E-state index is 12.0. The number of sulfone groups is 1. The maximum atomic E-state index is 12.0. The third kappa shape index (κ3) is 5.54. The molecule has 1 amide bonds. The van der Waals surface area contributed by atoms with Crippen molar-refractivity contribution in [2.75, 3.05) is 12.0 Å². The van der Waals surface area contributed by atoms with Crippen molar-refractivity contribution >= 4 is 39.1 Å². The normalized spacial score (nSPS) is 12.6. The van der Waals surface area contributed by atoms with E-state index in [9.17, 15) is 13.2 Å². The summed E-state index contributed by atoms with van der Waals surface area (Å²) in [5, 5.41) is 3.56. The van der Waals surface area contributed by atoms with Crippen LogP contribution in [0.25, 0.3) is 0 Å². The molecular formula is C17H18ClNO3S2. The number of hydrogen-bond acceptors (Lipinski definition) is 4. The van der Waals surface area contributed by atoms with Crippen LogP contribution in [-0.2, 0) is 14.6 Å². The molecule has 2 aromatic rings. The van der Waals surface area contributed by atoms with Gasteiger partial charge >= 0.3 is 0 Å². The van der Waals surface area contributed by atoms with E-state index in [1.165, 1.54) is 18.0 Å². The molecule has 24 heavy (non-hydrogen) atoms. The fourth-order valence-corrected chi connectivity index (χ4v) is 3.52. The monoisotopic (exact) mass is 383 g/mol. The van der Waals surface area contributed by atoms with Gasteiger partial charge in [-0.3, -0.25) is 4.79 Å². The lowest BCUT2D eigenvalue weighted by molar-refractivity contribution is -0.119. The number of benzene rings is 2. The predicted molar refractivity (Wildman–Crippen MR) is 98.3 cm³/mol. The van der Waals surface area contributed by atoms with E-state index in [1.54, 1.807) is 36.4 Å². The molecule has 0 aliphatic heterocycles. The first-order valence-corrected chi connectivity index (χ1v) is 10.5. The van der Waals surface area contributed by atoms with E-state index in [0.29, 0.717) is 10.8 Å². The summed E-state index contributed by atoms with van der Waals surface area (Å²) in [5.74, 6) is 0.211. The van der Waals surface area contributed by atoms with Gasteiger partial charge in [0.05, 0.1) is 16.7 Å². The molecule has 0 bridgehead atoms. The molecule has 7 heteroatoms. The highest BCUT2D eigenvalue weighted by Crippen LogP contribution is 2.21. The van der Waals surface area contributed by atoms with Crippen LogP contribution in [0.2, 0.25) is 5.02 Å². The van der Waals surface area contributed by atoms with Crippen LogP contribution >= 0.6 is 23.4 Å². The van der Waals surface area contributed by atoms with Crippen LogP contribution in [0.3, 0.4) is 0 Å². The second-order valence-corrected chi connectivity index (χ2v) is 8.87. The van der Waals surface area contributed by atoms with E-state index in [0.717, 1.165) is 10.5 Å². The van der Waals surface area contributed by atoms with Crippen LogP contribution < -0.4 is 5.32 Å². The Balaban J connectivity index is 1.90. The quantitative estimate of drug-likeness (QED) is 0.772. The average molecular weight is 384 g/mol. The van der Waals surface area contributed by atoms with Crippen LogP contribution in [0.4, 0.5) is 0 Å². The molecule has 0 heterocycles. The van der Waals surface area contributed by atoms with Gasteiger partial charge in [0.2, 0.25) is 5.91 Å². The summed E-state index contributed by atoms with van der Waals surface area (Å²) >= 11 is 7.25. The summed E-state index contributed by atoms with van der Waals surface area (Å²) in [7, 11) is -3.21. The van der Waals surface area contributed by atoms with E-state index in [2.05, 4.69) is 5.32 Å². The first kappa shape index (κ1) is 18.8. The number of thioether (sulfide) groups is 1. The zero-order valence-electron chi connectivity index (χ0n) is 13.3. The zero-order chi connectivity index (χ0) is 17.7.